The number of hydrogen-bond acceptors (Lipinski definition) is 8. The van der Waals surface area contributed by atoms with E-state index in [2.05, 4.69) is 21.4 Å². The molecule has 2 N–H and O–H groups in total. The summed E-state index contributed by atoms with van der Waals surface area (Å²) in [5.74, 6) is -0.0486. The minimum absolute atomic E-state index is 0.0722. The molecular weight excluding hydrogens is 506 g/mol. The second-order valence-corrected chi connectivity index (χ2v) is 10.3. The Balaban J connectivity index is 1.55. The number of aromatic nitrogens is 3. The van der Waals surface area contributed by atoms with Gasteiger partial charge in [-0.15, -0.1) is 0 Å². The number of carbonyl (C=O) groups excluding carboxylic acids is 2. The van der Waals surface area contributed by atoms with Crippen LogP contribution in [-0.2, 0) is 28.4 Å². The van der Waals surface area contributed by atoms with Crippen LogP contribution in [0, 0.1) is 11.3 Å². The molecule has 2 aromatic heterocycles. The third kappa shape index (κ3) is 6.32. The number of aryl methyl sites for hydroxylation is 1. The molecule has 2 heterocycles. The number of nitrogens with one attached hydrogen (secondary N) is 2. The lowest BCUT2D eigenvalue weighted by molar-refractivity contribution is -0.119. The molecule has 0 radical (unpaired) electrons. The van der Waals surface area contributed by atoms with Crippen LogP contribution in [0.5, 0.6) is 0 Å². The Kier molecular flexibility index (Phi) is 7.68. The average Bonchev–Trinajstić information content (AvgIpc) is 3.22. The zero-order chi connectivity index (χ0) is 27.3. The number of nitrogens with zero attached hydrogens (tertiary/aromatic N) is 5. The van der Waals surface area contributed by atoms with E-state index in [4.69, 9.17) is 5.26 Å². The van der Waals surface area contributed by atoms with E-state index in [0.29, 0.717) is 29.0 Å². The van der Waals surface area contributed by atoms with Gasteiger partial charge in [0.1, 0.15) is 11.6 Å². The number of amides is 2. The fourth-order valence-corrected chi connectivity index (χ4v) is 4.36. The Morgan fingerprint density at radius 2 is 1.87 bits per heavy atom. The van der Waals surface area contributed by atoms with E-state index >= 15 is 0 Å². The first-order valence-electron chi connectivity index (χ1n) is 11.6. The van der Waals surface area contributed by atoms with Crippen LogP contribution >= 0.6 is 0 Å². The van der Waals surface area contributed by atoms with Gasteiger partial charge in [0.25, 0.3) is 5.91 Å². The largest absolute Gasteiger partial charge is 0.378 e. The number of sulfonamides is 1. The molecule has 2 amide bonds. The summed E-state index contributed by atoms with van der Waals surface area (Å²) in [6.45, 7) is 0.354. The van der Waals surface area contributed by atoms with E-state index < -0.39 is 21.8 Å². The van der Waals surface area contributed by atoms with Gasteiger partial charge in [0.2, 0.25) is 15.9 Å². The zero-order valence-electron chi connectivity index (χ0n) is 20.7. The molecule has 0 spiro atoms. The molecule has 0 aliphatic heterocycles. The average molecular weight is 532 g/mol. The fourth-order valence-electron chi connectivity index (χ4n) is 3.85. The van der Waals surface area contributed by atoms with E-state index in [1.165, 1.54) is 11.1 Å². The molecule has 0 fully saturated rings. The summed E-state index contributed by atoms with van der Waals surface area (Å²) in [4.78, 5) is 35.8. The topological polar surface area (TPSA) is 150 Å². The Hall–Kier alpha value is -4.76. The predicted octanol–water partition coefficient (Wildman–Crippen LogP) is 2.56. The summed E-state index contributed by atoms with van der Waals surface area (Å²) in [5.41, 5.74) is 3.21. The third-order valence-corrected chi connectivity index (χ3v) is 6.32. The summed E-state index contributed by atoms with van der Waals surface area (Å²) < 4.78 is 26.6. The number of imidazole rings is 1. The Bertz CT molecular complexity index is 1630. The SMILES string of the molecule is Cn1c(CNc2ccc(C#N)cc2)nc2cc(C(=O)N(CCC(=O)NS(C)(=O)=O)c3ccccn3)ccc21. The molecule has 0 bridgehead atoms. The summed E-state index contributed by atoms with van der Waals surface area (Å²) in [7, 11) is -1.83. The van der Waals surface area contributed by atoms with Crippen molar-refractivity contribution in [3.63, 3.8) is 0 Å². The fraction of sp³-hybridized carbons (Fsp3) is 0.192. The number of fused-ring (bicyclic) bond motifs is 1. The van der Waals surface area contributed by atoms with Crippen LogP contribution in [0.1, 0.15) is 28.2 Å². The van der Waals surface area contributed by atoms with Crippen molar-refractivity contribution in [3.8, 4) is 6.07 Å². The minimum atomic E-state index is -3.71. The summed E-state index contributed by atoms with van der Waals surface area (Å²) in [6, 6.07) is 19.4. The Labute approximate surface area is 219 Å². The molecule has 194 valence electrons. The number of carbonyl (C=O) groups is 2. The second kappa shape index (κ2) is 11.1. The second-order valence-electron chi connectivity index (χ2n) is 8.53. The van der Waals surface area contributed by atoms with Gasteiger partial charge in [-0.3, -0.25) is 19.2 Å². The molecule has 38 heavy (non-hydrogen) atoms. The van der Waals surface area contributed by atoms with Gasteiger partial charge < -0.3 is 9.88 Å². The first-order chi connectivity index (χ1) is 18.1. The monoisotopic (exact) mass is 531 g/mol. The van der Waals surface area contributed by atoms with Gasteiger partial charge in [0.05, 0.1) is 35.5 Å². The van der Waals surface area contributed by atoms with Crippen LogP contribution in [0.3, 0.4) is 0 Å². The minimum Gasteiger partial charge on any atom is -0.378 e. The number of anilines is 2. The standard InChI is InChI=1S/C26H25N7O4S/c1-32-22-11-8-19(15-21(22)30-24(32)17-29-20-9-6-18(16-27)7-10-20)26(35)33(23-5-3-4-13-28-23)14-12-25(34)31-38(2,36)37/h3-11,13,15,29H,12,14,17H2,1-2H3,(H,31,34). The highest BCUT2D eigenvalue weighted by molar-refractivity contribution is 7.89. The molecule has 0 aliphatic rings. The van der Waals surface area contributed by atoms with E-state index in [1.54, 1.807) is 48.5 Å². The third-order valence-electron chi connectivity index (χ3n) is 5.72. The summed E-state index contributed by atoms with van der Waals surface area (Å²) >= 11 is 0. The van der Waals surface area contributed by atoms with Gasteiger partial charge in [-0.25, -0.2) is 18.4 Å². The maximum Gasteiger partial charge on any atom is 0.259 e. The van der Waals surface area contributed by atoms with Crippen molar-refractivity contribution in [2.75, 3.05) is 23.0 Å². The van der Waals surface area contributed by atoms with Crippen LogP contribution in [-0.4, -0.2) is 47.6 Å². The van der Waals surface area contributed by atoms with E-state index in [0.717, 1.165) is 23.3 Å². The number of pyridine rings is 1. The summed E-state index contributed by atoms with van der Waals surface area (Å²) in [6.07, 6.45) is 2.19. The Morgan fingerprint density at radius 1 is 1.11 bits per heavy atom. The lowest BCUT2D eigenvalue weighted by atomic mass is 10.1. The Morgan fingerprint density at radius 3 is 2.53 bits per heavy atom. The zero-order valence-corrected chi connectivity index (χ0v) is 21.6. The number of nitriles is 1. The molecule has 11 nitrogen and oxygen atoms in total. The summed E-state index contributed by atoms with van der Waals surface area (Å²) in [5, 5.41) is 12.2. The maximum absolute atomic E-state index is 13.5. The van der Waals surface area contributed by atoms with Crippen molar-refractivity contribution in [1.82, 2.24) is 19.3 Å². The van der Waals surface area contributed by atoms with Gasteiger partial charge in [0.15, 0.2) is 0 Å². The molecule has 0 unspecified atom stereocenters. The van der Waals surface area contributed by atoms with Crippen molar-refractivity contribution in [3.05, 3.63) is 83.8 Å². The van der Waals surface area contributed by atoms with E-state index in [1.807, 2.05) is 28.5 Å². The number of benzene rings is 2. The van der Waals surface area contributed by atoms with Crippen molar-refractivity contribution in [2.24, 2.45) is 7.05 Å². The molecule has 2 aromatic carbocycles. The van der Waals surface area contributed by atoms with E-state index in [-0.39, 0.29) is 13.0 Å². The molecular formula is C26H25N7O4S. The van der Waals surface area contributed by atoms with Gasteiger partial charge >= 0.3 is 0 Å². The van der Waals surface area contributed by atoms with Crippen LogP contribution in [0.25, 0.3) is 11.0 Å². The number of rotatable bonds is 9. The molecule has 4 aromatic rings. The van der Waals surface area contributed by atoms with Crippen molar-refractivity contribution in [2.45, 2.75) is 13.0 Å². The lowest BCUT2D eigenvalue weighted by Crippen LogP contribution is -2.37. The highest BCUT2D eigenvalue weighted by Gasteiger charge is 2.22. The quantitative estimate of drug-likeness (QED) is 0.335. The van der Waals surface area contributed by atoms with Crippen LogP contribution < -0.4 is 14.9 Å². The molecule has 0 saturated carbocycles. The van der Waals surface area contributed by atoms with E-state index in [9.17, 15) is 18.0 Å². The number of hydrogen-bond donors (Lipinski definition) is 2. The smallest absolute Gasteiger partial charge is 0.259 e. The van der Waals surface area contributed by atoms with Gasteiger partial charge in [0, 0.05) is 37.5 Å². The lowest BCUT2D eigenvalue weighted by Gasteiger charge is -2.21. The van der Waals surface area contributed by atoms with Crippen molar-refractivity contribution >= 4 is 44.4 Å². The molecule has 4 rings (SSSR count). The van der Waals surface area contributed by atoms with Crippen LogP contribution in [0.4, 0.5) is 11.5 Å². The molecule has 0 aliphatic carbocycles. The highest BCUT2D eigenvalue weighted by atomic mass is 32.2. The van der Waals surface area contributed by atoms with Gasteiger partial charge in [-0.1, -0.05) is 6.07 Å². The predicted molar refractivity (Wildman–Crippen MR) is 143 cm³/mol. The van der Waals surface area contributed by atoms with Crippen molar-refractivity contribution < 1.29 is 18.0 Å². The molecule has 12 heteroatoms. The first-order valence-corrected chi connectivity index (χ1v) is 13.5. The van der Waals surface area contributed by atoms with Crippen molar-refractivity contribution in [1.29, 1.82) is 5.26 Å². The normalized spacial score (nSPS) is 11.1. The highest BCUT2D eigenvalue weighted by Crippen LogP contribution is 2.21. The maximum atomic E-state index is 13.5. The first kappa shape index (κ1) is 26.3. The molecule has 0 saturated heterocycles. The molecule has 0 atom stereocenters. The van der Waals surface area contributed by atoms with Crippen LogP contribution in [0.15, 0.2) is 66.9 Å². The van der Waals surface area contributed by atoms with Gasteiger partial charge in [-0.05, 0) is 54.6 Å². The van der Waals surface area contributed by atoms with Crippen LogP contribution in [0.2, 0.25) is 0 Å². The van der Waals surface area contributed by atoms with Gasteiger partial charge in [-0.2, -0.15) is 5.26 Å².